The van der Waals surface area contributed by atoms with Crippen molar-refractivity contribution in [3.8, 4) is 0 Å². The van der Waals surface area contributed by atoms with Crippen molar-refractivity contribution in [2.45, 2.75) is 45.3 Å². The molecule has 0 unspecified atom stereocenters. The first-order chi connectivity index (χ1) is 13.1. The summed E-state index contributed by atoms with van der Waals surface area (Å²) in [6.07, 6.45) is 3.89. The maximum atomic E-state index is 12.3. The average Bonchev–Trinajstić information content (AvgIpc) is 2.98. The van der Waals surface area contributed by atoms with Crippen LogP contribution in [0.25, 0.3) is 0 Å². The molecular formula is C19H28ClIN6O. The lowest BCUT2D eigenvalue weighted by atomic mass is 10.2. The highest BCUT2D eigenvalue weighted by molar-refractivity contribution is 14.0. The molecule has 9 heteroatoms. The molecule has 2 aromatic rings. The molecule has 0 atom stereocenters. The van der Waals surface area contributed by atoms with E-state index in [0.29, 0.717) is 13.1 Å². The van der Waals surface area contributed by atoms with Crippen LogP contribution in [0.15, 0.2) is 34.1 Å². The summed E-state index contributed by atoms with van der Waals surface area (Å²) < 4.78 is 3.41. The van der Waals surface area contributed by atoms with Crippen molar-refractivity contribution in [3.05, 3.63) is 51.2 Å². The summed E-state index contributed by atoms with van der Waals surface area (Å²) >= 11 is 6.05. The quantitative estimate of drug-likeness (QED) is 0.276. The SMILES string of the molecule is CN=C(NCCCn1nc2n(c1=O)CCCC2)N(C)Cc1cccc(Cl)c1.I. The highest BCUT2D eigenvalue weighted by Gasteiger charge is 2.16. The summed E-state index contributed by atoms with van der Waals surface area (Å²) in [6, 6.07) is 7.82. The number of benzene rings is 1. The van der Waals surface area contributed by atoms with Gasteiger partial charge in [-0.3, -0.25) is 9.56 Å². The molecule has 0 bridgehead atoms. The molecule has 2 heterocycles. The maximum absolute atomic E-state index is 12.3. The Morgan fingerprint density at radius 3 is 2.93 bits per heavy atom. The summed E-state index contributed by atoms with van der Waals surface area (Å²) in [4.78, 5) is 18.7. The first-order valence-electron chi connectivity index (χ1n) is 9.41. The number of halogens is 2. The first-order valence-corrected chi connectivity index (χ1v) is 9.79. The number of aromatic nitrogens is 3. The summed E-state index contributed by atoms with van der Waals surface area (Å²) in [6.45, 7) is 2.85. The van der Waals surface area contributed by atoms with Crippen LogP contribution in [-0.2, 0) is 26.1 Å². The Morgan fingerprint density at radius 2 is 2.21 bits per heavy atom. The fourth-order valence-electron chi connectivity index (χ4n) is 3.39. The molecule has 3 rings (SSSR count). The number of nitrogens with zero attached hydrogens (tertiary/aromatic N) is 5. The normalized spacial score (nSPS) is 13.6. The third kappa shape index (κ3) is 5.73. The molecule has 1 aromatic heterocycles. The third-order valence-electron chi connectivity index (χ3n) is 4.74. The zero-order valence-electron chi connectivity index (χ0n) is 16.4. The van der Waals surface area contributed by atoms with Gasteiger partial charge >= 0.3 is 5.69 Å². The molecule has 0 spiro atoms. The molecule has 1 N–H and O–H groups in total. The second-order valence-electron chi connectivity index (χ2n) is 6.84. The van der Waals surface area contributed by atoms with Gasteiger partial charge in [0, 0.05) is 51.7 Å². The van der Waals surface area contributed by atoms with Gasteiger partial charge in [-0.25, -0.2) is 9.48 Å². The van der Waals surface area contributed by atoms with E-state index in [-0.39, 0.29) is 29.7 Å². The van der Waals surface area contributed by atoms with Gasteiger partial charge in [-0.05, 0) is 37.0 Å². The van der Waals surface area contributed by atoms with Crippen LogP contribution in [0.3, 0.4) is 0 Å². The van der Waals surface area contributed by atoms with Crippen LogP contribution in [0.4, 0.5) is 0 Å². The Balaban J connectivity index is 0.00000280. The van der Waals surface area contributed by atoms with Crippen LogP contribution >= 0.6 is 35.6 Å². The van der Waals surface area contributed by atoms with Crippen LogP contribution < -0.4 is 11.0 Å². The van der Waals surface area contributed by atoms with Gasteiger partial charge in [0.2, 0.25) is 0 Å². The molecule has 28 heavy (non-hydrogen) atoms. The van der Waals surface area contributed by atoms with Gasteiger partial charge in [0.1, 0.15) is 5.82 Å². The lowest BCUT2D eigenvalue weighted by Gasteiger charge is -2.22. The van der Waals surface area contributed by atoms with Gasteiger partial charge in [0.25, 0.3) is 0 Å². The van der Waals surface area contributed by atoms with Gasteiger partial charge in [-0.15, -0.1) is 24.0 Å². The molecule has 0 radical (unpaired) electrons. The number of nitrogens with one attached hydrogen (secondary N) is 1. The van der Waals surface area contributed by atoms with Crippen LogP contribution in [0.2, 0.25) is 5.02 Å². The Kier molecular flexibility index (Phi) is 8.81. The minimum Gasteiger partial charge on any atom is -0.356 e. The van der Waals surface area contributed by atoms with E-state index >= 15 is 0 Å². The molecule has 0 fully saturated rings. The van der Waals surface area contributed by atoms with Gasteiger partial charge in [-0.2, -0.15) is 5.10 Å². The van der Waals surface area contributed by atoms with E-state index in [1.807, 2.05) is 40.8 Å². The van der Waals surface area contributed by atoms with Gasteiger partial charge in [0.05, 0.1) is 0 Å². The Bertz CT molecular complexity index is 862. The highest BCUT2D eigenvalue weighted by Crippen LogP contribution is 2.12. The van der Waals surface area contributed by atoms with E-state index in [1.54, 1.807) is 11.7 Å². The molecular weight excluding hydrogens is 491 g/mol. The van der Waals surface area contributed by atoms with E-state index in [1.165, 1.54) is 0 Å². The lowest BCUT2D eigenvalue weighted by Crippen LogP contribution is -2.39. The first kappa shape index (κ1) is 22.7. The van der Waals surface area contributed by atoms with Crippen molar-refractivity contribution >= 4 is 41.5 Å². The monoisotopic (exact) mass is 518 g/mol. The van der Waals surface area contributed by atoms with E-state index in [2.05, 4.69) is 15.4 Å². The minimum atomic E-state index is 0. The summed E-state index contributed by atoms with van der Waals surface area (Å²) in [7, 11) is 3.76. The maximum Gasteiger partial charge on any atom is 0.345 e. The molecule has 154 valence electrons. The predicted molar refractivity (Wildman–Crippen MR) is 124 cm³/mol. The molecule has 0 amide bonds. The number of aryl methyl sites for hydroxylation is 2. The average molecular weight is 519 g/mol. The van der Waals surface area contributed by atoms with E-state index in [0.717, 1.165) is 61.1 Å². The molecule has 0 saturated carbocycles. The van der Waals surface area contributed by atoms with Crippen molar-refractivity contribution in [3.63, 3.8) is 0 Å². The standard InChI is InChI=1S/C19H27ClN6O.HI/c1-21-18(24(2)14-15-7-5-8-16(20)13-15)22-10-6-12-26-19(27)25-11-4-3-9-17(25)23-26;/h5,7-8,13H,3-4,6,9-12,14H2,1-2H3,(H,21,22);1H. The van der Waals surface area contributed by atoms with Crippen molar-refractivity contribution in [2.24, 2.45) is 4.99 Å². The highest BCUT2D eigenvalue weighted by atomic mass is 127. The van der Waals surface area contributed by atoms with Crippen molar-refractivity contribution in [1.29, 1.82) is 0 Å². The minimum absolute atomic E-state index is 0. The van der Waals surface area contributed by atoms with Crippen LogP contribution in [0.1, 0.15) is 30.7 Å². The summed E-state index contributed by atoms with van der Waals surface area (Å²) in [5, 5.41) is 8.55. The lowest BCUT2D eigenvalue weighted by molar-refractivity contribution is 0.469. The zero-order chi connectivity index (χ0) is 19.2. The number of hydrogen-bond donors (Lipinski definition) is 1. The second-order valence-corrected chi connectivity index (χ2v) is 7.28. The molecule has 1 aliphatic heterocycles. The molecule has 0 aliphatic carbocycles. The van der Waals surface area contributed by atoms with Gasteiger partial charge in [0.15, 0.2) is 5.96 Å². The Labute approximate surface area is 187 Å². The van der Waals surface area contributed by atoms with Crippen molar-refractivity contribution < 1.29 is 0 Å². The number of guanidine groups is 1. The van der Waals surface area contributed by atoms with Crippen LogP contribution in [-0.4, -0.2) is 45.8 Å². The van der Waals surface area contributed by atoms with Gasteiger partial charge < -0.3 is 10.2 Å². The number of rotatable bonds is 6. The Morgan fingerprint density at radius 1 is 1.39 bits per heavy atom. The molecule has 0 saturated heterocycles. The number of fused-ring (bicyclic) bond motifs is 1. The van der Waals surface area contributed by atoms with Crippen LogP contribution in [0.5, 0.6) is 0 Å². The van der Waals surface area contributed by atoms with Gasteiger partial charge in [-0.1, -0.05) is 23.7 Å². The number of aliphatic imine (C=N–C) groups is 1. The summed E-state index contributed by atoms with van der Waals surface area (Å²) in [5.41, 5.74) is 1.15. The summed E-state index contributed by atoms with van der Waals surface area (Å²) in [5.74, 6) is 1.74. The van der Waals surface area contributed by atoms with E-state index in [4.69, 9.17) is 11.6 Å². The molecule has 1 aliphatic rings. The van der Waals surface area contributed by atoms with E-state index < -0.39 is 0 Å². The topological polar surface area (TPSA) is 67.5 Å². The molecule has 7 nitrogen and oxygen atoms in total. The van der Waals surface area contributed by atoms with Crippen molar-refractivity contribution in [1.82, 2.24) is 24.6 Å². The fraction of sp³-hybridized carbons (Fsp3) is 0.526. The predicted octanol–water partition coefficient (Wildman–Crippen LogP) is 2.75. The van der Waals surface area contributed by atoms with Crippen LogP contribution in [0, 0.1) is 0 Å². The third-order valence-corrected chi connectivity index (χ3v) is 4.98. The Hall–Kier alpha value is -1.55. The zero-order valence-corrected chi connectivity index (χ0v) is 19.5. The smallest absolute Gasteiger partial charge is 0.345 e. The molecule has 1 aromatic carbocycles. The van der Waals surface area contributed by atoms with Crippen molar-refractivity contribution in [2.75, 3.05) is 20.6 Å². The fourth-order valence-corrected chi connectivity index (χ4v) is 3.60. The second kappa shape index (κ2) is 10.8. The number of hydrogen-bond acceptors (Lipinski definition) is 3. The van der Waals surface area contributed by atoms with E-state index in [9.17, 15) is 4.79 Å². The largest absolute Gasteiger partial charge is 0.356 e.